The summed E-state index contributed by atoms with van der Waals surface area (Å²) < 4.78 is 7.07. The van der Waals surface area contributed by atoms with E-state index in [9.17, 15) is 0 Å². The molecule has 90 valence electrons. The monoisotopic (exact) mass is 349 g/mol. The molecule has 0 bridgehead atoms. The minimum absolute atomic E-state index is 0.912. The third-order valence-corrected chi connectivity index (χ3v) is 3.61. The van der Waals surface area contributed by atoms with Gasteiger partial charge in [0, 0.05) is 27.3 Å². The van der Waals surface area contributed by atoms with Crippen molar-refractivity contribution in [2.45, 2.75) is 0 Å². The predicted octanol–water partition coefficient (Wildman–Crippen LogP) is 4.75. The normalized spacial score (nSPS) is 10.8. The summed E-state index contributed by atoms with van der Waals surface area (Å²) in [6, 6.07) is 16.5. The summed E-state index contributed by atoms with van der Waals surface area (Å²) in [5, 5.41) is 4.25. The van der Waals surface area contributed by atoms with Crippen molar-refractivity contribution < 1.29 is 4.42 Å². The number of anilines is 1. The van der Waals surface area contributed by atoms with E-state index < -0.39 is 0 Å². The Kier molecular flexibility index (Phi) is 2.99. The largest absolute Gasteiger partial charge is 0.456 e. The Morgan fingerprint density at radius 2 is 1.78 bits per heavy atom. The van der Waals surface area contributed by atoms with Gasteiger partial charge < -0.3 is 9.73 Å². The Balaban J connectivity index is 2.07. The van der Waals surface area contributed by atoms with Crippen LogP contribution in [0.3, 0.4) is 0 Å². The van der Waals surface area contributed by atoms with Crippen LogP contribution >= 0.6 is 22.6 Å². The quantitative estimate of drug-likeness (QED) is 0.676. The molecule has 0 aliphatic rings. The van der Waals surface area contributed by atoms with Crippen molar-refractivity contribution in [1.82, 2.24) is 0 Å². The van der Waals surface area contributed by atoms with Gasteiger partial charge in [-0.1, -0.05) is 6.07 Å². The lowest BCUT2D eigenvalue weighted by molar-refractivity contribution is 0.631. The van der Waals surface area contributed by atoms with Gasteiger partial charge in [-0.05, 0) is 65.1 Å². The molecule has 0 aliphatic carbocycles. The van der Waals surface area contributed by atoms with Gasteiger partial charge in [0.05, 0.1) is 0 Å². The van der Waals surface area contributed by atoms with E-state index in [1.54, 1.807) is 0 Å². The van der Waals surface area contributed by atoms with Crippen LogP contribution in [0.2, 0.25) is 0 Å². The molecule has 2 nitrogen and oxygen atoms in total. The number of fused-ring (bicyclic) bond motifs is 1. The summed E-state index contributed by atoms with van der Waals surface area (Å²) in [7, 11) is 1.91. The van der Waals surface area contributed by atoms with E-state index in [1.165, 1.54) is 3.57 Å². The highest BCUT2D eigenvalue weighted by molar-refractivity contribution is 14.1. The van der Waals surface area contributed by atoms with Crippen molar-refractivity contribution in [3.8, 4) is 11.3 Å². The topological polar surface area (TPSA) is 25.2 Å². The second-order valence-corrected chi connectivity index (χ2v) is 5.37. The number of rotatable bonds is 2. The zero-order chi connectivity index (χ0) is 12.5. The molecule has 0 saturated carbocycles. The molecular weight excluding hydrogens is 337 g/mol. The first-order valence-corrected chi connectivity index (χ1v) is 6.81. The molecule has 3 aromatic rings. The van der Waals surface area contributed by atoms with Crippen LogP contribution in [0, 0.1) is 3.57 Å². The molecule has 0 aliphatic heterocycles. The lowest BCUT2D eigenvalue weighted by atomic mass is 10.1. The van der Waals surface area contributed by atoms with Crippen LogP contribution in [0.1, 0.15) is 0 Å². The predicted molar refractivity (Wildman–Crippen MR) is 83.9 cm³/mol. The van der Waals surface area contributed by atoms with Crippen molar-refractivity contribution in [2.75, 3.05) is 12.4 Å². The van der Waals surface area contributed by atoms with Gasteiger partial charge in [0.15, 0.2) is 0 Å². The van der Waals surface area contributed by atoms with Crippen LogP contribution in [-0.2, 0) is 0 Å². The number of benzene rings is 2. The highest BCUT2D eigenvalue weighted by atomic mass is 127. The molecule has 2 aromatic carbocycles. The average Bonchev–Trinajstić information content (AvgIpc) is 2.81. The Labute approximate surface area is 119 Å². The Bertz CT molecular complexity index is 685. The van der Waals surface area contributed by atoms with E-state index in [-0.39, 0.29) is 0 Å². The average molecular weight is 349 g/mol. The van der Waals surface area contributed by atoms with Crippen LogP contribution in [0.25, 0.3) is 22.3 Å². The van der Waals surface area contributed by atoms with Crippen LogP contribution in [0.15, 0.2) is 52.9 Å². The number of nitrogens with one attached hydrogen (secondary N) is 1. The molecule has 1 N–H and O–H groups in total. The molecule has 1 heterocycles. The molecule has 18 heavy (non-hydrogen) atoms. The van der Waals surface area contributed by atoms with Gasteiger partial charge in [0.1, 0.15) is 11.3 Å². The summed E-state index contributed by atoms with van der Waals surface area (Å²) in [5.74, 6) is 0.912. The fraction of sp³-hybridized carbons (Fsp3) is 0.0667. The van der Waals surface area contributed by atoms with Gasteiger partial charge >= 0.3 is 0 Å². The Morgan fingerprint density at radius 3 is 2.50 bits per heavy atom. The molecule has 3 heteroatoms. The van der Waals surface area contributed by atoms with Crippen molar-refractivity contribution in [1.29, 1.82) is 0 Å². The zero-order valence-electron chi connectivity index (χ0n) is 9.91. The fourth-order valence-electron chi connectivity index (χ4n) is 1.95. The van der Waals surface area contributed by atoms with E-state index in [0.717, 1.165) is 28.0 Å². The van der Waals surface area contributed by atoms with Crippen LogP contribution < -0.4 is 5.32 Å². The van der Waals surface area contributed by atoms with Crippen LogP contribution in [-0.4, -0.2) is 7.05 Å². The highest BCUT2D eigenvalue weighted by Crippen LogP contribution is 2.29. The Hall–Kier alpha value is -1.49. The zero-order valence-corrected chi connectivity index (χ0v) is 12.1. The van der Waals surface area contributed by atoms with Gasteiger partial charge in [-0.3, -0.25) is 0 Å². The first-order valence-electron chi connectivity index (χ1n) is 5.73. The highest BCUT2D eigenvalue weighted by Gasteiger charge is 2.06. The molecule has 0 atom stereocenters. The van der Waals surface area contributed by atoms with E-state index in [2.05, 4.69) is 64.3 Å². The number of furan rings is 1. The summed E-state index contributed by atoms with van der Waals surface area (Å²) in [4.78, 5) is 0. The first kappa shape index (κ1) is 11.6. The number of hydrogen-bond donors (Lipinski definition) is 1. The smallest absolute Gasteiger partial charge is 0.135 e. The maximum atomic E-state index is 5.88. The van der Waals surface area contributed by atoms with Crippen LogP contribution in [0.4, 0.5) is 5.69 Å². The summed E-state index contributed by atoms with van der Waals surface area (Å²) >= 11 is 2.29. The molecule has 0 radical (unpaired) electrons. The lowest BCUT2D eigenvalue weighted by Gasteiger charge is -2.00. The van der Waals surface area contributed by atoms with Gasteiger partial charge in [-0.2, -0.15) is 0 Å². The molecule has 0 saturated heterocycles. The second-order valence-electron chi connectivity index (χ2n) is 4.12. The van der Waals surface area contributed by atoms with Crippen molar-refractivity contribution in [3.05, 3.63) is 52.1 Å². The number of halogens is 1. The van der Waals surface area contributed by atoms with E-state index >= 15 is 0 Å². The van der Waals surface area contributed by atoms with Crippen LogP contribution in [0.5, 0.6) is 0 Å². The maximum Gasteiger partial charge on any atom is 0.135 e. The molecule has 0 spiro atoms. The van der Waals surface area contributed by atoms with E-state index in [1.807, 2.05) is 19.2 Å². The summed E-state index contributed by atoms with van der Waals surface area (Å²) in [6.07, 6.45) is 0. The molecule has 1 aromatic heterocycles. The first-order chi connectivity index (χ1) is 8.76. The molecular formula is C15H12INO. The van der Waals surface area contributed by atoms with Crippen molar-refractivity contribution in [2.24, 2.45) is 0 Å². The fourth-order valence-corrected chi connectivity index (χ4v) is 2.41. The van der Waals surface area contributed by atoms with Gasteiger partial charge in [0.25, 0.3) is 0 Å². The lowest BCUT2D eigenvalue weighted by Crippen LogP contribution is -1.86. The summed E-state index contributed by atoms with van der Waals surface area (Å²) in [5.41, 5.74) is 3.14. The summed E-state index contributed by atoms with van der Waals surface area (Å²) in [6.45, 7) is 0. The third kappa shape index (κ3) is 2.10. The van der Waals surface area contributed by atoms with Crippen molar-refractivity contribution in [3.63, 3.8) is 0 Å². The minimum Gasteiger partial charge on any atom is -0.456 e. The second kappa shape index (κ2) is 4.65. The third-order valence-electron chi connectivity index (χ3n) is 2.94. The maximum absolute atomic E-state index is 5.88. The van der Waals surface area contributed by atoms with Crippen molar-refractivity contribution >= 4 is 39.2 Å². The van der Waals surface area contributed by atoms with E-state index in [0.29, 0.717) is 0 Å². The van der Waals surface area contributed by atoms with E-state index in [4.69, 9.17) is 4.42 Å². The molecule has 0 amide bonds. The Morgan fingerprint density at radius 1 is 1.00 bits per heavy atom. The van der Waals surface area contributed by atoms with Gasteiger partial charge in [-0.25, -0.2) is 0 Å². The van der Waals surface area contributed by atoms with Gasteiger partial charge in [-0.15, -0.1) is 0 Å². The van der Waals surface area contributed by atoms with Gasteiger partial charge in [0.2, 0.25) is 0 Å². The molecule has 0 fully saturated rings. The molecule has 0 unspecified atom stereocenters. The SMILES string of the molecule is CNc1ccc(-c2cc3ccc(I)cc3o2)cc1. The standard InChI is InChI=1S/C15H12INO/c1-17-13-6-3-10(4-7-13)14-8-11-2-5-12(16)9-15(11)18-14/h2-9,17H,1H3. The number of hydrogen-bond acceptors (Lipinski definition) is 2. The minimum atomic E-state index is 0.912. The molecule has 3 rings (SSSR count).